The van der Waals surface area contributed by atoms with Gasteiger partial charge in [0.25, 0.3) is 5.91 Å². The normalized spacial score (nSPS) is 16.3. The van der Waals surface area contributed by atoms with E-state index in [2.05, 4.69) is 0 Å². The maximum Gasteiger partial charge on any atom is 0.254 e. The van der Waals surface area contributed by atoms with Crippen LogP contribution in [0.15, 0.2) is 24.3 Å². The number of carbonyl (C=O) groups is 1. The summed E-state index contributed by atoms with van der Waals surface area (Å²) < 4.78 is 0. The number of hydrogen-bond donors (Lipinski definition) is 1. The molecule has 1 saturated heterocycles. The predicted molar refractivity (Wildman–Crippen MR) is 57.9 cm³/mol. The molecular formula is C11H12ClNO2. The summed E-state index contributed by atoms with van der Waals surface area (Å²) in [6.45, 7) is 0.869. The lowest BCUT2D eigenvalue weighted by Gasteiger charge is -2.35. The number of aliphatic hydroxyl groups excluding tert-OH is 1. The van der Waals surface area contributed by atoms with Crippen molar-refractivity contribution in [3.63, 3.8) is 0 Å². The molecule has 0 spiro atoms. The van der Waals surface area contributed by atoms with Crippen LogP contribution in [0.3, 0.4) is 0 Å². The van der Waals surface area contributed by atoms with E-state index in [-0.39, 0.29) is 12.0 Å². The van der Waals surface area contributed by atoms with Gasteiger partial charge in [-0.15, -0.1) is 11.6 Å². The van der Waals surface area contributed by atoms with Gasteiger partial charge in [-0.1, -0.05) is 12.1 Å². The average molecular weight is 226 g/mol. The zero-order chi connectivity index (χ0) is 10.8. The number of rotatable bonds is 2. The van der Waals surface area contributed by atoms with Gasteiger partial charge in [0.05, 0.1) is 6.10 Å². The van der Waals surface area contributed by atoms with E-state index in [0.717, 1.165) is 5.56 Å². The largest absolute Gasteiger partial charge is 0.389 e. The molecule has 3 nitrogen and oxygen atoms in total. The van der Waals surface area contributed by atoms with Crippen LogP contribution in [0.25, 0.3) is 0 Å². The first kappa shape index (κ1) is 10.5. The summed E-state index contributed by atoms with van der Waals surface area (Å²) in [6.07, 6.45) is -0.356. The van der Waals surface area contributed by atoms with Crippen molar-refractivity contribution in [3.05, 3.63) is 35.4 Å². The van der Waals surface area contributed by atoms with Crippen molar-refractivity contribution in [1.82, 2.24) is 4.90 Å². The molecule has 0 unspecified atom stereocenters. The fourth-order valence-electron chi connectivity index (χ4n) is 1.59. The molecule has 0 radical (unpaired) electrons. The van der Waals surface area contributed by atoms with Crippen LogP contribution >= 0.6 is 11.6 Å². The molecule has 4 heteroatoms. The molecule has 1 fully saturated rings. The summed E-state index contributed by atoms with van der Waals surface area (Å²) in [4.78, 5) is 13.4. The van der Waals surface area contributed by atoms with E-state index in [0.29, 0.717) is 24.5 Å². The second-order valence-electron chi connectivity index (χ2n) is 3.70. The van der Waals surface area contributed by atoms with Crippen molar-refractivity contribution in [2.45, 2.75) is 12.0 Å². The minimum atomic E-state index is -0.356. The standard InChI is InChI=1S/C11H12ClNO2/c12-5-8-2-1-3-9(4-8)11(15)13-6-10(14)7-13/h1-4,10,14H,5-7H2. The number of aliphatic hydroxyl groups is 1. The third-order valence-corrected chi connectivity index (χ3v) is 2.79. The molecule has 1 aliphatic heterocycles. The summed E-state index contributed by atoms with van der Waals surface area (Å²) in [5, 5.41) is 9.10. The molecule has 0 bridgehead atoms. The Balaban J connectivity index is 2.11. The lowest BCUT2D eigenvalue weighted by Crippen LogP contribution is -2.53. The monoisotopic (exact) mass is 225 g/mol. The second-order valence-corrected chi connectivity index (χ2v) is 3.97. The van der Waals surface area contributed by atoms with Gasteiger partial charge in [-0.05, 0) is 17.7 Å². The SMILES string of the molecule is O=C(c1cccc(CCl)c1)N1CC(O)C1. The van der Waals surface area contributed by atoms with Gasteiger partial charge in [0.15, 0.2) is 0 Å². The molecule has 1 aliphatic rings. The zero-order valence-electron chi connectivity index (χ0n) is 8.19. The van der Waals surface area contributed by atoms with Gasteiger partial charge < -0.3 is 10.0 Å². The van der Waals surface area contributed by atoms with Crippen molar-refractivity contribution < 1.29 is 9.90 Å². The zero-order valence-corrected chi connectivity index (χ0v) is 8.94. The molecule has 1 N–H and O–H groups in total. The van der Waals surface area contributed by atoms with E-state index in [9.17, 15) is 4.79 Å². The van der Waals surface area contributed by atoms with Crippen molar-refractivity contribution in [2.75, 3.05) is 13.1 Å². The summed E-state index contributed by atoms with van der Waals surface area (Å²) in [6, 6.07) is 7.26. The quantitative estimate of drug-likeness (QED) is 0.770. The number of carbonyl (C=O) groups excluding carboxylic acids is 1. The van der Waals surface area contributed by atoms with Gasteiger partial charge in [-0.2, -0.15) is 0 Å². The maximum atomic E-state index is 11.8. The molecule has 0 aliphatic carbocycles. The lowest BCUT2D eigenvalue weighted by atomic mass is 10.1. The number of hydrogen-bond acceptors (Lipinski definition) is 2. The third-order valence-electron chi connectivity index (χ3n) is 2.48. The van der Waals surface area contributed by atoms with Crippen LogP contribution in [0, 0.1) is 0 Å². The highest BCUT2D eigenvalue weighted by molar-refractivity contribution is 6.17. The van der Waals surface area contributed by atoms with Crippen molar-refractivity contribution in [1.29, 1.82) is 0 Å². The van der Waals surface area contributed by atoms with Crippen LogP contribution in [0.5, 0.6) is 0 Å². The molecular weight excluding hydrogens is 214 g/mol. The smallest absolute Gasteiger partial charge is 0.254 e. The van der Waals surface area contributed by atoms with Crippen LogP contribution in [-0.2, 0) is 5.88 Å². The van der Waals surface area contributed by atoms with Crippen molar-refractivity contribution in [3.8, 4) is 0 Å². The van der Waals surface area contributed by atoms with E-state index in [4.69, 9.17) is 16.7 Å². The van der Waals surface area contributed by atoms with Gasteiger partial charge in [0, 0.05) is 24.5 Å². The Labute approximate surface area is 93.3 Å². The summed E-state index contributed by atoms with van der Waals surface area (Å²) >= 11 is 5.69. The Morgan fingerprint density at radius 1 is 1.53 bits per heavy atom. The molecule has 80 valence electrons. The maximum absolute atomic E-state index is 11.8. The molecule has 1 aromatic rings. The van der Waals surface area contributed by atoms with Crippen LogP contribution in [0.1, 0.15) is 15.9 Å². The van der Waals surface area contributed by atoms with E-state index in [1.165, 1.54) is 0 Å². The van der Waals surface area contributed by atoms with Gasteiger partial charge in [0.1, 0.15) is 0 Å². The van der Waals surface area contributed by atoms with Crippen LogP contribution in [-0.4, -0.2) is 35.1 Å². The molecule has 1 heterocycles. The first-order valence-electron chi connectivity index (χ1n) is 4.83. The predicted octanol–water partition coefficient (Wildman–Crippen LogP) is 1.24. The second kappa shape index (κ2) is 4.21. The molecule has 2 rings (SSSR count). The molecule has 1 amide bonds. The minimum absolute atomic E-state index is 0.0349. The Kier molecular flexibility index (Phi) is 2.93. The van der Waals surface area contributed by atoms with Gasteiger partial charge >= 0.3 is 0 Å². The number of nitrogens with zero attached hydrogens (tertiary/aromatic N) is 1. The van der Waals surface area contributed by atoms with E-state index >= 15 is 0 Å². The van der Waals surface area contributed by atoms with Gasteiger partial charge in [0.2, 0.25) is 0 Å². The highest BCUT2D eigenvalue weighted by Gasteiger charge is 2.29. The molecule has 15 heavy (non-hydrogen) atoms. The first-order chi connectivity index (χ1) is 7.20. The fourth-order valence-corrected chi connectivity index (χ4v) is 1.76. The van der Waals surface area contributed by atoms with Crippen molar-refractivity contribution in [2.24, 2.45) is 0 Å². The van der Waals surface area contributed by atoms with E-state index in [1.807, 2.05) is 12.1 Å². The van der Waals surface area contributed by atoms with Gasteiger partial charge in [-0.3, -0.25) is 4.79 Å². The number of amides is 1. The lowest BCUT2D eigenvalue weighted by molar-refractivity contribution is 0.00589. The van der Waals surface area contributed by atoms with Crippen LogP contribution < -0.4 is 0 Å². The van der Waals surface area contributed by atoms with E-state index < -0.39 is 0 Å². The highest BCUT2D eigenvalue weighted by Crippen LogP contribution is 2.15. The number of benzene rings is 1. The van der Waals surface area contributed by atoms with Gasteiger partial charge in [-0.25, -0.2) is 0 Å². The fraction of sp³-hybridized carbons (Fsp3) is 0.364. The first-order valence-corrected chi connectivity index (χ1v) is 5.36. The summed E-state index contributed by atoms with van der Waals surface area (Å²) in [5.41, 5.74) is 1.57. The number of β-amino-alcohol motifs (C(OH)–C–C–N with tert-alkyl or cyclic N) is 1. The number of likely N-dealkylation sites (tertiary alicyclic amines) is 1. The molecule has 0 saturated carbocycles. The average Bonchev–Trinajstić information content (AvgIpc) is 2.24. The Bertz CT molecular complexity index is 375. The Morgan fingerprint density at radius 2 is 2.27 bits per heavy atom. The highest BCUT2D eigenvalue weighted by atomic mass is 35.5. The topological polar surface area (TPSA) is 40.5 Å². The number of alkyl halides is 1. The molecule has 1 aromatic carbocycles. The summed E-state index contributed by atoms with van der Waals surface area (Å²) in [5.74, 6) is 0.372. The molecule has 0 aromatic heterocycles. The third kappa shape index (κ3) is 2.13. The molecule has 0 atom stereocenters. The van der Waals surface area contributed by atoms with Crippen LogP contribution in [0.4, 0.5) is 0 Å². The Morgan fingerprint density at radius 3 is 2.87 bits per heavy atom. The Hall–Kier alpha value is -1.06. The summed E-state index contributed by atoms with van der Waals surface area (Å²) in [7, 11) is 0. The van der Waals surface area contributed by atoms with Crippen LogP contribution in [0.2, 0.25) is 0 Å². The van der Waals surface area contributed by atoms with Crippen molar-refractivity contribution >= 4 is 17.5 Å². The minimum Gasteiger partial charge on any atom is -0.389 e. The van der Waals surface area contributed by atoms with E-state index in [1.54, 1.807) is 17.0 Å². The number of halogens is 1.